The number of nitrogens with zero attached hydrogens (tertiary/aromatic N) is 1. The molecule has 20 heavy (non-hydrogen) atoms. The van der Waals surface area contributed by atoms with Crippen LogP contribution in [0.15, 0.2) is 59.5 Å². The highest BCUT2D eigenvalue weighted by Gasteiger charge is 2.40. The van der Waals surface area contributed by atoms with Crippen molar-refractivity contribution in [1.82, 2.24) is 4.31 Å². The fraction of sp³-hybridized carbons (Fsp3) is 0.133. The number of hydrogen-bond acceptors (Lipinski definition) is 3. The minimum Gasteiger partial charge on any atom is -0.268 e. The van der Waals surface area contributed by atoms with Crippen molar-refractivity contribution in [1.29, 1.82) is 0 Å². The van der Waals surface area contributed by atoms with Crippen molar-refractivity contribution in [3.8, 4) is 0 Å². The normalized spacial score (nSPS) is 16.2. The molecule has 0 aliphatic carbocycles. The summed E-state index contributed by atoms with van der Waals surface area (Å²) in [4.78, 5) is 12.3. The Labute approximate surface area is 117 Å². The Morgan fingerprint density at radius 2 is 1.55 bits per heavy atom. The summed E-state index contributed by atoms with van der Waals surface area (Å²) in [6.07, 6.45) is 0.514. The molecule has 2 aromatic carbocycles. The second-order valence-corrected chi connectivity index (χ2v) is 6.44. The average Bonchev–Trinajstić information content (AvgIpc) is 2.66. The summed E-state index contributed by atoms with van der Waals surface area (Å²) in [6.45, 7) is 0.167. The van der Waals surface area contributed by atoms with Crippen molar-refractivity contribution in [2.24, 2.45) is 0 Å². The molecule has 3 rings (SSSR count). The van der Waals surface area contributed by atoms with Crippen LogP contribution in [-0.2, 0) is 16.4 Å². The van der Waals surface area contributed by atoms with Crippen LogP contribution >= 0.6 is 0 Å². The third-order valence-corrected chi connectivity index (χ3v) is 5.20. The van der Waals surface area contributed by atoms with E-state index in [9.17, 15) is 13.2 Å². The van der Waals surface area contributed by atoms with Gasteiger partial charge in [-0.3, -0.25) is 4.79 Å². The molecule has 1 aliphatic heterocycles. The summed E-state index contributed by atoms with van der Waals surface area (Å²) in [7, 11) is -3.68. The molecular weight excluding hydrogens is 274 g/mol. The molecule has 0 saturated carbocycles. The van der Waals surface area contributed by atoms with Gasteiger partial charge in [-0.15, -0.1) is 0 Å². The minimum absolute atomic E-state index is 0.109. The molecule has 0 spiro atoms. The van der Waals surface area contributed by atoms with Gasteiger partial charge in [-0.1, -0.05) is 42.5 Å². The van der Waals surface area contributed by atoms with Gasteiger partial charge in [-0.25, -0.2) is 12.7 Å². The number of amides is 1. The van der Waals surface area contributed by atoms with E-state index in [0.29, 0.717) is 6.42 Å². The number of carbonyl (C=O) groups excluding carboxylic acids is 1. The van der Waals surface area contributed by atoms with E-state index in [-0.39, 0.29) is 17.0 Å². The zero-order valence-corrected chi connectivity index (χ0v) is 11.5. The Morgan fingerprint density at radius 3 is 2.25 bits per heavy atom. The average molecular weight is 287 g/mol. The molecule has 4 nitrogen and oxygen atoms in total. The summed E-state index contributed by atoms with van der Waals surface area (Å²) in [5.41, 5.74) is 1.27. The van der Waals surface area contributed by atoms with Gasteiger partial charge in [0.25, 0.3) is 15.9 Å². The van der Waals surface area contributed by atoms with Crippen molar-refractivity contribution in [3.05, 3.63) is 65.7 Å². The maximum Gasteiger partial charge on any atom is 0.269 e. The molecule has 1 heterocycles. The second-order valence-electron chi connectivity index (χ2n) is 4.61. The smallest absolute Gasteiger partial charge is 0.268 e. The first-order valence-electron chi connectivity index (χ1n) is 6.31. The van der Waals surface area contributed by atoms with Gasteiger partial charge in [0.05, 0.1) is 5.56 Å². The predicted octanol–water partition coefficient (Wildman–Crippen LogP) is 2.07. The Morgan fingerprint density at radius 1 is 0.900 bits per heavy atom. The summed E-state index contributed by atoms with van der Waals surface area (Å²) >= 11 is 0. The van der Waals surface area contributed by atoms with Gasteiger partial charge in [-0.05, 0) is 24.1 Å². The maximum absolute atomic E-state index is 12.3. The van der Waals surface area contributed by atoms with Gasteiger partial charge in [0.1, 0.15) is 4.90 Å². The number of benzene rings is 2. The Balaban J connectivity index is 1.88. The standard InChI is InChI=1S/C15H13NO3S/c17-15-13-8-4-5-9-14(13)20(18,19)16(15)11-10-12-6-2-1-3-7-12/h1-9H,10-11H2. The quantitative estimate of drug-likeness (QED) is 0.868. The van der Waals surface area contributed by atoms with Crippen LogP contribution < -0.4 is 0 Å². The van der Waals surface area contributed by atoms with E-state index in [1.807, 2.05) is 30.3 Å². The lowest BCUT2D eigenvalue weighted by Crippen LogP contribution is -2.32. The zero-order valence-electron chi connectivity index (χ0n) is 10.7. The Bertz CT molecular complexity index is 754. The first kappa shape index (κ1) is 12.9. The van der Waals surface area contributed by atoms with Gasteiger partial charge in [-0.2, -0.15) is 0 Å². The second kappa shape index (κ2) is 4.76. The van der Waals surface area contributed by atoms with Crippen molar-refractivity contribution in [2.75, 3.05) is 6.54 Å². The Hall–Kier alpha value is -2.14. The van der Waals surface area contributed by atoms with Crippen LogP contribution in [0.5, 0.6) is 0 Å². The van der Waals surface area contributed by atoms with Crippen molar-refractivity contribution >= 4 is 15.9 Å². The van der Waals surface area contributed by atoms with Gasteiger partial charge in [0, 0.05) is 6.54 Å². The van der Waals surface area contributed by atoms with Gasteiger partial charge >= 0.3 is 0 Å². The molecular formula is C15H13NO3S. The first-order chi connectivity index (χ1) is 9.60. The summed E-state index contributed by atoms with van der Waals surface area (Å²) in [5, 5.41) is 0. The molecule has 0 N–H and O–H groups in total. The lowest BCUT2D eigenvalue weighted by molar-refractivity contribution is 0.0872. The molecule has 0 unspecified atom stereocenters. The van der Waals surface area contributed by atoms with Gasteiger partial charge < -0.3 is 0 Å². The van der Waals surface area contributed by atoms with Crippen LogP contribution in [0.1, 0.15) is 15.9 Å². The third kappa shape index (κ3) is 2.00. The van der Waals surface area contributed by atoms with Crippen LogP contribution in [0.3, 0.4) is 0 Å². The van der Waals surface area contributed by atoms with Crippen molar-refractivity contribution in [3.63, 3.8) is 0 Å². The van der Waals surface area contributed by atoms with Crippen LogP contribution in [0, 0.1) is 0 Å². The van der Waals surface area contributed by atoms with Gasteiger partial charge in [0.2, 0.25) is 0 Å². The van der Waals surface area contributed by atoms with E-state index in [0.717, 1.165) is 9.87 Å². The first-order valence-corrected chi connectivity index (χ1v) is 7.75. The largest absolute Gasteiger partial charge is 0.269 e. The number of carbonyl (C=O) groups is 1. The zero-order chi connectivity index (χ0) is 14.2. The number of rotatable bonds is 3. The number of fused-ring (bicyclic) bond motifs is 1. The third-order valence-electron chi connectivity index (χ3n) is 3.36. The fourth-order valence-electron chi connectivity index (χ4n) is 2.33. The molecule has 102 valence electrons. The SMILES string of the molecule is O=C1c2ccccc2S(=O)(=O)N1CCc1ccccc1. The highest BCUT2D eigenvalue weighted by Crippen LogP contribution is 2.29. The van der Waals surface area contributed by atoms with Gasteiger partial charge in [0.15, 0.2) is 0 Å². The van der Waals surface area contributed by atoms with E-state index in [1.54, 1.807) is 18.2 Å². The summed E-state index contributed by atoms with van der Waals surface area (Å²) in [5.74, 6) is -0.434. The molecule has 0 bridgehead atoms. The summed E-state index contributed by atoms with van der Waals surface area (Å²) < 4.78 is 25.6. The van der Waals surface area contributed by atoms with Crippen LogP contribution in [0.4, 0.5) is 0 Å². The molecule has 1 amide bonds. The lowest BCUT2D eigenvalue weighted by atomic mass is 10.1. The molecule has 2 aromatic rings. The predicted molar refractivity (Wildman–Crippen MR) is 74.8 cm³/mol. The fourth-order valence-corrected chi connectivity index (χ4v) is 3.90. The van der Waals surface area contributed by atoms with E-state index >= 15 is 0 Å². The topological polar surface area (TPSA) is 54.5 Å². The number of hydrogen-bond donors (Lipinski definition) is 0. The van der Waals surface area contributed by atoms with Crippen molar-refractivity contribution in [2.45, 2.75) is 11.3 Å². The molecule has 0 aromatic heterocycles. The molecule has 0 saturated heterocycles. The van der Waals surface area contributed by atoms with Crippen LogP contribution in [-0.4, -0.2) is 25.2 Å². The Kier molecular flexibility index (Phi) is 3.06. The highest BCUT2D eigenvalue weighted by molar-refractivity contribution is 7.90. The minimum atomic E-state index is -3.68. The van der Waals surface area contributed by atoms with E-state index in [1.165, 1.54) is 6.07 Å². The molecule has 5 heteroatoms. The molecule has 1 aliphatic rings. The summed E-state index contributed by atoms with van der Waals surface area (Å²) in [6, 6.07) is 15.9. The van der Waals surface area contributed by atoms with Crippen LogP contribution in [0.2, 0.25) is 0 Å². The van der Waals surface area contributed by atoms with Crippen LogP contribution in [0.25, 0.3) is 0 Å². The molecule has 0 atom stereocenters. The monoisotopic (exact) mass is 287 g/mol. The van der Waals surface area contributed by atoms with Crippen molar-refractivity contribution < 1.29 is 13.2 Å². The van der Waals surface area contributed by atoms with E-state index in [2.05, 4.69) is 0 Å². The maximum atomic E-state index is 12.3. The number of sulfonamides is 1. The van der Waals surface area contributed by atoms with E-state index < -0.39 is 15.9 Å². The lowest BCUT2D eigenvalue weighted by Gasteiger charge is -2.14. The van der Waals surface area contributed by atoms with E-state index in [4.69, 9.17) is 0 Å². The molecule has 0 radical (unpaired) electrons. The highest BCUT2D eigenvalue weighted by atomic mass is 32.2. The molecule has 0 fully saturated rings.